The molecule has 2 amide bonds. The maximum absolute atomic E-state index is 13.0. The molecule has 1 heterocycles. The van der Waals surface area contributed by atoms with Gasteiger partial charge < -0.3 is 5.32 Å². The summed E-state index contributed by atoms with van der Waals surface area (Å²) in [5, 5.41) is 2.53. The number of anilines is 2. The van der Waals surface area contributed by atoms with Crippen LogP contribution in [0.3, 0.4) is 0 Å². The second-order valence-electron chi connectivity index (χ2n) is 3.94. The van der Waals surface area contributed by atoms with E-state index in [4.69, 9.17) is 0 Å². The number of thiol groups is 1. The zero-order chi connectivity index (χ0) is 13.8. The highest BCUT2D eigenvalue weighted by atomic mass is 32.1. The summed E-state index contributed by atoms with van der Waals surface area (Å²) in [6.07, 6.45) is 1.59. The van der Waals surface area contributed by atoms with Gasteiger partial charge in [-0.05, 0) is 42.8 Å². The quantitative estimate of drug-likeness (QED) is 0.826. The van der Waals surface area contributed by atoms with Crippen molar-refractivity contribution in [2.45, 2.75) is 6.92 Å². The average molecular weight is 277 g/mol. The van der Waals surface area contributed by atoms with Gasteiger partial charge in [0.05, 0.1) is 0 Å². The summed E-state index contributed by atoms with van der Waals surface area (Å²) in [6, 6.07) is 8.66. The molecular weight excluding hydrogens is 265 g/mol. The summed E-state index contributed by atoms with van der Waals surface area (Å²) in [5.74, 6) is -0.0190. The molecule has 4 nitrogen and oxygen atoms in total. The van der Waals surface area contributed by atoms with Crippen LogP contribution in [-0.2, 0) is 0 Å². The molecule has 2 aromatic rings. The van der Waals surface area contributed by atoms with Crippen LogP contribution >= 0.6 is 12.8 Å². The molecule has 0 saturated carbocycles. The number of carbonyl (C=O) groups excluding carboxylic acids is 1. The third-order valence-electron chi connectivity index (χ3n) is 2.39. The van der Waals surface area contributed by atoms with Crippen molar-refractivity contribution in [2.75, 3.05) is 9.62 Å². The summed E-state index contributed by atoms with van der Waals surface area (Å²) < 4.78 is 14.1. The minimum absolute atomic E-state index is 0.358. The van der Waals surface area contributed by atoms with Gasteiger partial charge >= 0.3 is 6.03 Å². The van der Waals surface area contributed by atoms with Crippen molar-refractivity contribution in [3.05, 3.63) is 54.0 Å². The Labute approximate surface area is 115 Å². The summed E-state index contributed by atoms with van der Waals surface area (Å²) in [7, 11) is 0. The van der Waals surface area contributed by atoms with Crippen molar-refractivity contribution in [3.63, 3.8) is 0 Å². The van der Waals surface area contributed by atoms with E-state index in [0.717, 1.165) is 9.87 Å². The molecule has 98 valence electrons. The Morgan fingerprint density at radius 2 is 2.16 bits per heavy atom. The third-order valence-corrected chi connectivity index (χ3v) is 2.77. The minimum atomic E-state index is -0.507. The lowest BCUT2D eigenvalue weighted by atomic mass is 10.3. The summed E-state index contributed by atoms with van der Waals surface area (Å²) in [4.78, 5) is 15.9. The summed E-state index contributed by atoms with van der Waals surface area (Å²) in [6.45, 7) is 1.89. The molecule has 0 aliphatic rings. The van der Waals surface area contributed by atoms with Crippen molar-refractivity contribution >= 4 is 30.4 Å². The number of benzene rings is 1. The topological polar surface area (TPSA) is 45.2 Å². The third kappa shape index (κ3) is 3.45. The molecular formula is C13H12FN3OS. The molecule has 0 fully saturated rings. The van der Waals surface area contributed by atoms with Crippen molar-refractivity contribution in [2.24, 2.45) is 0 Å². The molecule has 0 atom stereocenters. The second kappa shape index (κ2) is 5.71. The molecule has 2 rings (SSSR count). The van der Waals surface area contributed by atoms with Crippen LogP contribution in [0, 0.1) is 12.7 Å². The number of amides is 2. The number of rotatable bonds is 2. The van der Waals surface area contributed by atoms with E-state index in [9.17, 15) is 9.18 Å². The number of urea groups is 1. The molecule has 6 heteroatoms. The molecule has 0 aliphatic carbocycles. The Morgan fingerprint density at radius 3 is 2.84 bits per heavy atom. The minimum Gasteiger partial charge on any atom is -0.307 e. The van der Waals surface area contributed by atoms with E-state index in [2.05, 4.69) is 23.1 Å². The first kappa shape index (κ1) is 13.4. The van der Waals surface area contributed by atoms with Gasteiger partial charge in [0.15, 0.2) is 0 Å². The molecule has 0 spiro atoms. The smallest absolute Gasteiger partial charge is 0.307 e. The zero-order valence-corrected chi connectivity index (χ0v) is 11.1. The molecule has 0 bridgehead atoms. The van der Waals surface area contributed by atoms with Crippen molar-refractivity contribution in [1.82, 2.24) is 4.98 Å². The van der Waals surface area contributed by atoms with Gasteiger partial charge in [-0.15, -0.1) is 0 Å². The van der Waals surface area contributed by atoms with Gasteiger partial charge in [0, 0.05) is 11.9 Å². The maximum Gasteiger partial charge on any atom is 0.337 e. The molecule has 0 aliphatic heterocycles. The van der Waals surface area contributed by atoms with Crippen LogP contribution < -0.4 is 9.62 Å². The van der Waals surface area contributed by atoms with Crippen LogP contribution in [0.15, 0.2) is 42.6 Å². The first-order valence-electron chi connectivity index (χ1n) is 5.54. The van der Waals surface area contributed by atoms with Gasteiger partial charge in [-0.25, -0.2) is 18.5 Å². The van der Waals surface area contributed by atoms with E-state index in [1.807, 2.05) is 13.0 Å². The van der Waals surface area contributed by atoms with Crippen molar-refractivity contribution in [3.8, 4) is 0 Å². The van der Waals surface area contributed by atoms with E-state index < -0.39 is 11.8 Å². The molecule has 1 aromatic heterocycles. The Bertz CT molecular complexity index is 606. The van der Waals surface area contributed by atoms with E-state index in [0.29, 0.717) is 11.5 Å². The Balaban J connectivity index is 2.12. The van der Waals surface area contributed by atoms with Crippen LogP contribution in [0.4, 0.5) is 20.7 Å². The summed E-state index contributed by atoms with van der Waals surface area (Å²) >= 11 is 4.08. The maximum atomic E-state index is 13.0. The fourth-order valence-corrected chi connectivity index (χ4v) is 1.64. The molecule has 0 radical (unpaired) electrons. The van der Waals surface area contributed by atoms with Gasteiger partial charge in [-0.3, -0.25) is 0 Å². The summed E-state index contributed by atoms with van der Waals surface area (Å²) in [5.41, 5.74) is 1.32. The van der Waals surface area contributed by atoms with E-state index in [-0.39, 0.29) is 0 Å². The van der Waals surface area contributed by atoms with Crippen LogP contribution in [-0.4, -0.2) is 11.0 Å². The first-order valence-corrected chi connectivity index (χ1v) is 5.94. The predicted molar refractivity (Wildman–Crippen MR) is 75.9 cm³/mol. The molecule has 1 aromatic carbocycles. The molecule has 0 unspecified atom stereocenters. The lowest BCUT2D eigenvalue weighted by Crippen LogP contribution is -2.27. The SMILES string of the molecule is Cc1ccnc(N(S)C(=O)Nc2cccc(F)c2)c1. The van der Waals surface area contributed by atoms with Crippen LogP contribution in [0.5, 0.6) is 0 Å². The van der Waals surface area contributed by atoms with Crippen LogP contribution in [0.25, 0.3) is 0 Å². The standard InChI is InChI=1S/C13H12FN3OS/c1-9-5-6-15-12(7-9)17(19)13(18)16-11-4-2-3-10(14)8-11/h2-8,19H,1H3,(H,16,18). The Hall–Kier alpha value is -2.08. The lowest BCUT2D eigenvalue weighted by Gasteiger charge is -2.15. The van der Waals surface area contributed by atoms with Crippen LogP contribution in [0.1, 0.15) is 5.56 Å². The Morgan fingerprint density at radius 1 is 1.37 bits per heavy atom. The van der Waals surface area contributed by atoms with Gasteiger partial charge in [-0.2, -0.15) is 0 Å². The van der Waals surface area contributed by atoms with Crippen molar-refractivity contribution < 1.29 is 9.18 Å². The highest BCUT2D eigenvalue weighted by Crippen LogP contribution is 2.17. The zero-order valence-electron chi connectivity index (χ0n) is 10.2. The van der Waals surface area contributed by atoms with E-state index in [1.165, 1.54) is 18.2 Å². The number of nitrogens with one attached hydrogen (secondary N) is 1. The van der Waals surface area contributed by atoms with E-state index in [1.54, 1.807) is 18.3 Å². The predicted octanol–water partition coefficient (Wildman–Crippen LogP) is 3.41. The second-order valence-corrected chi connectivity index (χ2v) is 4.34. The number of carbonyl (C=O) groups is 1. The van der Waals surface area contributed by atoms with Gasteiger partial charge in [0.2, 0.25) is 0 Å². The number of aryl methyl sites for hydroxylation is 1. The number of pyridine rings is 1. The fraction of sp³-hybridized carbons (Fsp3) is 0.0769. The van der Waals surface area contributed by atoms with Gasteiger partial charge in [0.25, 0.3) is 0 Å². The van der Waals surface area contributed by atoms with Gasteiger partial charge in [0.1, 0.15) is 11.6 Å². The number of aromatic nitrogens is 1. The fourth-order valence-electron chi connectivity index (χ4n) is 1.48. The van der Waals surface area contributed by atoms with E-state index >= 15 is 0 Å². The largest absolute Gasteiger partial charge is 0.337 e. The molecule has 1 N–H and O–H groups in total. The number of nitrogens with zero attached hydrogens (tertiary/aromatic N) is 2. The number of halogens is 1. The monoisotopic (exact) mass is 277 g/mol. The number of hydrogen-bond acceptors (Lipinski definition) is 3. The highest BCUT2D eigenvalue weighted by Gasteiger charge is 2.13. The van der Waals surface area contributed by atoms with Crippen LogP contribution in [0.2, 0.25) is 0 Å². The molecule has 0 saturated heterocycles. The van der Waals surface area contributed by atoms with Gasteiger partial charge in [-0.1, -0.05) is 18.9 Å². The van der Waals surface area contributed by atoms with Crippen molar-refractivity contribution in [1.29, 1.82) is 0 Å². The lowest BCUT2D eigenvalue weighted by molar-refractivity contribution is 0.260. The Kier molecular flexibility index (Phi) is 4.01. The average Bonchev–Trinajstić information content (AvgIpc) is 2.38. The normalized spacial score (nSPS) is 10.1. The highest BCUT2D eigenvalue weighted by molar-refractivity contribution is 7.82. The number of hydrogen-bond donors (Lipinski definition) is 2. The first-order chi connectivity index (χ1) is 9.06. The molecule has 19 heavy (non-hydrogen) atoms.